The van der Waals surface area contributed by atoms with Crippen LogP contribution < -0.4 is 0 Å². The van der Waals surface area contributed by atoms with E-state index in [2.05, 4.69) is 22.9 Å². The van der Waals surface area contributed by atoms with Gasteiger partial charge in [-0.1, -0.05) is 32.6 Å². The largest absolute Gasteiger partial charge is 0.281 e. The van der Waals surface area contributed by atoms with Crippen LogP contribution in [0.15, 0.2) is 18.2 Å². The standard InChI is InChI=1S/C14H18BrNO3/c1-2-3-4-5-6-7-11-10-12(14(15)17)8-9-13(11)16(18)19/h8-10H,2-7H2,1H3. The lowest BCUT2D eigenvalue weighted by molar-refractivity contribution is -0.385. The van der Waals surface area contributed by atoms with Crippen molar-refractivity contribution in [3.63, 3.8) is 0 Å². The molecule has 1 aromatic carbocycles. The Morgan fingerprint density at radius 2 is 1.95 bits per heavy atom. The van der Waals surface area contributed by atoms with E-state index >= 15 is 0 Å². The number of rotatable bonds is 8. The SMILES string of the molecule is CCCCCCCc1cc(C(=O)Br)ccc1[N+](=O)[O-]. The first-order valence-corrected chi connectivity index (χ1v) is 7.32. The Labute approximate surface area is 121 Å². The van der Waals surface area contributed by atoms with Crippen LogP contribution in [0.2, 0.25) is 0 Å². The number of hydrogen-bond acceptors (Lipinski definition) is 3. The minimum Gasteiger partial charge on any atom is -0.281 e. The molecule has 5 heteroatoms. The van der Waals surface area contributed by atoms with Gasteiger partial charge in [-0.05, 0) is 40.9 Å². The van der Waals surface area contributed by atoms with E-state index in [0.29, 0.717) is 17.5 Å². The molecule has 0 aliphatic heterocycles. The molecule has 0 aromatic heterocycles. The van der Waals surface area contributed by atoms with Gasteiger partial charge in [0, 0.05) is 17.2 Å². The highest BCUT2D eigenvalue weighted by Gasteiger charge is 2.15. The fourth-order valence-electron chi connectivity index (χ4n) is 2.01. The zero-order chi connectivity index (χ0) is 14.3. The van der Waals surface area contributed by atoms with E-state index in [0.717, 1.165) is 19.3 Å². The molecule has 4 nitrogen and oxygen atoms in total. The summed E-state index contributed by atoms with van der Waals surface area (Å²) in [4.78, 5) is 21.8. The Morgan fingerprint density at radius 3 is 2.53 bits per heavy atom. The highest BCUT2D eigenvalue weighted by molar-refractivity contribution is 9.18. The number of halogens is 1. The van der Waals surface area contributed by atoms with Gasteiger partial charge in [0.15, 0.2) is 0 Å². The summed E-state index contributed by atoms with van der Waals surface area (Å²) in [6.07, 6.45) is 6.16. The van der Waals surface area contributed by atoms with E-state index in [9.17, 15) is 14.9 Å². The molecular formula is C14H18BrNO3. The molecular weight excluding hydrogens is 310 g/mol. The van der Waals surface area contributed by atoms with Crippen LogP contribution in [0, 0.1) is 10.1 Å². The monoisotopic (exact) mass is 327 g/mol. The zero-order valence-electron chi connectivity index (χ0n) is 11.0. The van der Waals surface area contributed by atoms with Crippen LogP contribution >= 0.6 is 15.9 Å². The number of nitro benzene ring substituents is 1. The highest BCUT2D eigenvalue weighted by Crippen LogP contribution is 2.23. The van der Waals surface area contributed by atoms with Gasteiger partial charge in [0.05, 0.1) is 4.92 Å². The molecule has 1 rings (SSSR count). The molecule has 0 fully saturated rings. The highest BCUT2D eigenvalue weighted by atomic mass is 79.9. The van der Waals surface area contributed by atoms with Crippen molar-refractivity contribution < 1.29 is 9.72 Å². The van der Waals surface area contributed by atoms with Crippen molar-refractivity contribution in [1.29, 1.82) is 0 Å². The van der Waals surface area contributed by atoms with Gasteiger partial charge in [0.2, 0.25) is 4.69 Å². The summed E-state index contributed by atoms with van der Waals surface area (Å²) in [5.41, 5.74) is 1.22. The second-order valence-corrected chi connectivity index (χ2v) is 5.26. The molecule has 0 aliphatic rings. The Morgan fingerprint density at radius 1 is 1.26 bits per heavy atom. The molecule has 0 spiro atoms. The Bertz CT molecular complexity index is 460. The van der Waals surface area contributed by atoms with Gasteiger partial charge in [0.1, 0.15) is 0 Å². The van der Waals surface area contributed by atoms with E-state index in [1.54, 1.807) is 6.07 Å². The van der Waals surface area contributed by atoms with Gasteiger partial charge in [-0.25, -0.2) is 0 Å². The topological polar surface area (TPSA) is 60.2 Å². The summed E-state index contributed by atoms with van der Waals surface area (Å²) >= 11 is 2.87. The quantitative estimate of drug-likeness (QED) is 0.302. The molecule has 19 heavy (non-hydrogen) atoms. The molecule has 0 unspecified atom stereocenters. The van der Waals surface area contributed by atoms with Crippen molar-refractivity contribution in [1.82, 2.24) is 0 Å². The number of nitrogens with zero attached hydrogens (tertiary/aromatic N) is 1. The van der Waals surface area contributed by atoms with Crippen LogP contribution in [-0.4, -0.2) is 9.62 Å². The van der Waals surface area contributed by atoms with Crippen molar-refractivity contribution in [2.24, 2.45) is 0 Å². The van der Waals surface area contributed by atoms with Crippen LogP contribution in [0.4, 0.5) is 5.69 Å². The maximum absolute atomic E-state index is 11.2. The fraction of sp³-hybridized carbons (Fsp3) is 0.500. The van der Waals surface area contributed by atoms with E-state index in [4.69, 9.17) is 0 Å². The minimum absolute atomic E-state index is 0.105. The number of benzene rings is 1. The molecule has 0 radical (unpaired) electrons. The molecule has 0 saturated heterocycles. The van der Waals surface area contributed by atoms with Crippen molar-refractivity contribution >= 4 is 26.3 Å². The lowest BCUT2D eigenvalue weighted by atomic mass is 10.0. The number of nitro groups is 1. The first-order chi connectivity index (χ1) is 9.06. The molecule has 0 N–H and O–H groups in total. The van der Waals surface area contributed by atoms with E-state index in [1.807, 2.05) is 0 Å². The minimum atomic E-state index is -0.385. The number of unbranched alkanes of at least 4 members (excludes halogenated alkanes) is 4. The number of carbonyl (C=O) groups is 1. The van der Waals surface area contributed by atoms with Crippen LogP contribution in [0.25, 0.3) is 0 Å². The number of hydrogen-bond donors (Lipinski definition) is 0. The summed E-state index contributed by atoms with van der Waals surface area (Å²) in [5, 5.41) is 10.9. The van der Waals surface area contributed by atoms with E-state index < -0.39 is 0 Å². The van der Waals surface area contributed by atoms with E-state index in [1.165, 1.54) is 25.0 Å². The Kier molecular flexibility index (Phi) is 6.70. The number of aryl methyl sites for hydroxylation is 1. The third-order valence-electron chi connectivity index (χ3n) is 3.05. The van der Waals surface area contributed by atoms with Gasteiger partial charge in [-0.15, -0.1) is 0 Å². The summed E-state index contributed by atoms with van der Waals surface area (Å²) in [7, 11) is 0. The van der Waals surface area contributed by atoms with Gasteiger partial charge in [-0.3, -0.25) is 14.9 Å². The van der Waals surface area contributed by atoms with Gasteiger partial charge < -0.3 is 0 Å². The third kappa shape index (κ3) is 5.11. The average Bonchev–Trinajstić information content (AvgIpc) is 2.38. The van der Waals surface area contributed by atoms with Gasteiger partial charge >= 0.3 is 0 Å². The molecule has 0 aliphatic carbocycles. The molecule has 0 atom stereocenters. The molecule has 0 saturated carbocycles. The molecule has 104 valence electrons. The summed E-state index contributed by atoms with van der Waals surface area (Å²) in [5.74, 6) is 0. The summed E-state index contributed by atoms with van der Waals surface area (Å²) in [6, 6.07) is 4.51. The van der Waals surface area contributed by atoms with Crippen molar-refractivity contribution in [3.05, 3.63) is 39.4 Å². The van der Waals surface area contributed by atoms with E-state index in [-0.39, 0.29) is 15.3 Å². The first-order valence-electron chi connectivity index (χ1n) is 6.53. The second-order valence-electron chi connectivity index (χ2n) is 4.54. The number of carbonyl (C=O) groups excluding carboxylic acids is 1. The van der Waals surface area contributed by atoms with Crippen molar-refractivity contribution in [3.8, 4) is 0 Å². The fourth-order valence-corrected chi connectivity index (χ4v) is 2.25. The molecule has 1 aromatic rings. The van der Waals surface area contributed by atoms with Gasteiger partial charge in [-0.2, -0.15) is 0 Å². The normalized spacial score (nSPS) is 10.4. The van der Waals surface area contributed by atoms with Crippen molar-refractivity contribution in [2.75, 3.05) is 0 Å². The van der Waals surface area contributed by atoms with Crippen molar-refractivity contribution in [2.45, 2.75) is 45.4 Å². The summed E-state index contributed by atoms with van der Waals surface area (Å²) in [6.45, 7) is 2.15. The molecule has 0 amide bonds. The third-order valence-corrected chi connectivity index (χ3v) is 3.51. The smallest absolute Gasteiger partial charge is 0.272 e. The predicted molar refractivity (Wildman–Crippen MR) is 78.8 cm³/mol. The molecule has 0 bridgehead atoms. The average molecular weight is 328 g/mol. The van der Waals surface area contributed by atoms with Crippen LogP contribution in [0.5, 0.6) is 0 Å². The van der Waals surface area contributed by atoms with Crippen LogP contribution in [0.3, 0.4) is 0 Å². The van der Waals surface area contributed by atoms with Gasteiger partial charge in [0.25, 0.3) is 5.69 Å². The lowest BCUT2D eigenvalue weighted by Gasteiger charge is -2.05. The summed E-state index contributed by atoms with van der Waals surface area (Å²) < 4.78 is -0.241. The Balaban J connectivity index is 2.74. The van der Waals surface area contributed by atoms with Crippen LogP contribution in [0.1, 0.15) is 54.9 Å². The van der Waals surface area contributed by atoms with Crippen LogP contribution in [-0.2, 0) is 6.42 Å². The predicted octanol–water partition coefficient (Wildman–Crippen LogP) is 4.64. The lowest BCUT2D eigenvalue weighted by Crippen LogP contribution is -1.99. The Hall–Kier alpha value is -1.23. The maximum Gasteiger partial charge on any atom is 0.272 e. The first kappa shape index (κ1) is 15.8. The zero-order valence-corrected chi connectivity index (χ0v) is 12.6. The molecule has 0 heterocycles. The second kappa shape index (κ2) is 8.04. The maximum atomic E-state index is 11.2.